The lowest BCUT2D eigenvalue weighted by Gasteiger charge is -2.25. The third-order valence-electron chi connectivity index (χ3n) is 3.02. The molecule has 0 saturated heterocycles. The first-order chi connectivity index (χ1) is 7.33. The first-order valence-electron chi connectivity index (χ1n) is 4.62. The number of fused-ring (bicyclic) bond motifs is 3. The van der Waals surface area contributed by atoms with Crippen LogP contribution >= 0.6 is 54.5 Å². The monoisotopic (exact) mass is 362 g/mol. The molecular formula is C11H8Br2S2. The minimum absolute atomic E-state index is 0.157. The molecular weight excluding hydrogens is 356 g/mol. The number of hydrogen-bond donors (Lipinski definition) is 0. The van der Waals surface area contributed by atoms with Gasteiger partial charge in [-0.05, 0) is 34.0 Å². The second kappa shape index (κ2) is 3.69. The summed E-state index contributed by atoms with van der Waals surface area (Å²) in [6.45, 7) is 0. The van der Waals surface area contributed by atoms with Gasteiger partial charge in [-0.25, -0.2) is 0 Å². The zero-order valence-corrected chi connectivity index (χ0v) is 12.6. The lowest BCUT2D eigenvalue weighted by molar-refractivity contribution is 0.700. The van der Waals surface area contributed by atoms with E-state index in [1.807, 2.05) is 22.7 Å². The Bertz CT molecular complexity index is 452. The molecule has 3 rings (SSSR count). The quantitative estimate of drug-likeness (QED) is 0.668. The van der Waals surface area contributed by atoms with Crippen LogP contribution in [0.5, 0.6) is 0 Å². The van der Waals surface area contributed by atoms with Crippen molar-refractivity contribution >= 4 is 54.5 Å². The highest BCUT2D eigenvalue weighted by Gasteiger charge is 2.43. The van der Waals surface area contributed by atoms with Crippen LogP contribution in [0.25, 0.3) is 9.75 Å². The van der Waals surface area contributed by atoms with Gasteiger partial charge in [-0.15, -0.1) is 22.7 Å². The summed E-state index contributed by atoms with van der Waals surface area (Å²) in [5, 5.41) is 6.37. The maximum absolute atomic E-state index is 3.68. The van der Waals surface area contributed by atoms with Gasteiger partial charge in [-0.3, -0.25) is 0 Å². The summed E-state index contributed by atoms with van der Waals surface area (Å²) in [5.74, 6) is 0. The summed E-state index contributed by atoms with van der Waals surface area (Å²) in [6.07, 6.45) is 0. The Balaban J connectivity index is 2.35. The fourth-order valence-electron chi connectivity index (χ4n) is 2.19. The molecule has 0 aliphatic heterocycles. The van der Waals surface area contributed by atoms with Crippen LogP contribution in [0.2, 0.25) is 0 Å². The summed E-state index contributed by atoms with van der Waals surface area (Å²) in [6, 6.07) is 4.55. The van der Waals surface area contributed by atoms with Crippen molar-refractivity contribution in [3.8, 4) is 9.75 Å². The highest BCUT2D eigenvalue weighted by molar-refractivity contribution is 9.09. The molecule has 0 bridgehead atoms. The number of halogens is 2. The van der Waals surface area contributed by atoms with Crippen LogP contribution in [0.3, 0.4) is 0 Å². The smallest absolute Gasteiger partial charge is 0.0487 e. The van der Waals surface area contributed by atoms with E-state index in [1.165, 1.54) is 20.9 Å². The van der Waals surface area contributed by atoms with E-state index < -0.39 is 0 Å². The van der Waals surface area contributed by atoms with Crippen molar-refractivity contribution in [2.45, 2.75) is 5.41 Å². The van der Waals surface area contributed by atoms with Crippen molar-refractivity contribution in [1.82, 2.24) is 0 Å². The second-order valence-electron chi connectivity index (χ2n) is 3.68. The minimum Gasteiger partial charge on any atom is -0.143 e. The Morgan fingerprint density at radius 1 is 0.933 bits per heavy atom. The van der Waals surface area contributed by atoms with Gasteiger partial charge in [0.25, 0.3) is 0 Å². The fourth-order valence-corrected chi connectivity index (χ4v) is 6.51. The van der Waals surface area contributed by atoms with Gasteiger partial charge in [0.05, 0.1) is 0 Å². The molecule has 0 amide bonds. The lowest BCUT2D eigenvalue weighted by Crippen LogP contribution is -2.28. The van der Waals surface area contributed by atoms with Gasteiger partial charge in [0.15, 0.2) is 0 Å². The third-order valence-corrected chi connectivity index (χ3v) is 6.93. The average molecular weight is 364 g/mol. The summed E-state index contributed by atoms with van der Waals surface area (Å²) >= 11 is 11.1. The van der Waals surface area contributed by atoms with Crippen LogP contribution in [0.15, 0.2) is 22.9 Å². The molecule has 4 heteroatoms. The van der Waals surface area contributed by atoms with Gasteiger partial charge in [-0.2, -0.15) is 0 Å². The number of hydrogen-bond acceptors (Lipinski definition) is 2. The van der Waals surface area contributed by atoms with E-state index >= 15 is 0 Å². The van der Waals surface area contributed by atoms with Crippen LogP contribution in [-0.2, 0) is 5.41 Å². The molecule has 0 saturated carbocycles. The highest BCUT2D eigenvalue weighted by Crippen LogP contribution is 2.54. The minimum atomic E-state index is 0.157. The Morgan fingerprint density at radius 3 is 1.80 bits per heavy atom. The Morgan fingerprint density at radius 2 is 1.40 bits per heavy atom. The molecule has 0 radical (unpaired) electrons. The summed E-state index contributed by atoms with van der Waals surface area (Å²) in [5.41, 5.74) is 3.14. The predicted molar refractivity (Wildman–Crippen MR) is 76.0 cm³/mol. The normalized spacial score (nSPS) is 16.4. The highest BCUT2D eigenvalue weighted by atomic mass is 79.9. The Kier molecular flexibility index (Phi) is 2.58. The van der Waals surface area contributed by atoms with Crippen LogP contribution in [0.1, 0.15) is 11.1 Å². The maximum Gasteiger partial charge on any atom is 0.0487 e. The van der Waals surface area contributed by atoms with Gasteiger partial charge in [0, 0.05) is 25.8 Å². The molecule has 2 aromatic rings. The van der Waals surface area contributed by atoms with Crippen LogP contribution in [0.4, 0.5) is 0 Å². The molecule has 1 aliphatic rings. The van der Waals surface area contributed by atoms with E-state index in [1.54, 1.807) is 0 Å². The third kappa shape index (κ3) is 1.22. The van der Waals surface area contributed by atoms with Crippen molar-refractivity contribution in [2.75, 3.05) is 10.7 Å². The first kappa shape index (κ1) is 10.5. The molecule has 1 aliphatic carbocycles. The zero-order valence-electron chi connectivity index (χ0n) is 7.80. The molecule has 2 heterocycles. The van der Waals surface area contributed by atoms with E-state index in [-0.39, 0.29) is 5.41 Å². The zero-order chi connectivity index (χ0) is 10.5. The molecule has 2 aromatic heterocycles. The van der Waals surface area contributed by atoms with Gasteiger partial charge < -0.3 is 0 Å². The van der Waals surface area contributed by atoms with Crippen molar-refractivity contribution in [3.63, 3.8) is 0 Å². The molecule has 0 atom stereocenters. The fraction of sp³-hybridized carbons (Fsp3) is 0.273. The standard InChI is InChI=1S/C11H8Br2S2/c12-5-11(6-13)7-1-3-14-9(7)10-8(11)2-4-15-10/h1-4H,5-6H2. The molecule has 0 unspecified atom stereocenters. The van der Waals surface area contributed by atoms with Gasteiger partial charge in [0.1, 0.15) is 0 Å². The molecule has 0 spiro atoms. The lowest BCUT2D eigenvalue weighted by atomic mass is 9.84. The van der Waals surface area contributed by atoms with Gasteiger partial charge >= 0.3 is 0 Å². The molecule has 78 valence electrons. The molecule has 0 fully saturated rings. The topological polar surface area (TPSA) is 0 Å². The summed E-state index contributed by atoms with van der Waals surface area (Å²) in [7, 11) is 0. The van der Waals surface area contributed by atoms with Crippen LogP contribution in [-0.4, -0.2) is 10.7 Å². The Hall–Kier alpha value is 0.360. The van der Waals surface area contributed by atoms with Crippen molar-refractivity contribution in [2.24, 2.45) is 0 Å². The largest absolute Gasteiger partial charge is 0.143 e. The van der Waals surface area contributed by atoms with E-state index in [9.17, 15) is 0 Å². The van der Waals surface area contributed by atoms with Gasteiger partial charge in [-0.1, -0.05) is 31.9 Å². The molecule has 15 heavy (non-hydrogen) atoms. The second-order valence-corrected chi connectivity index (χ2v) is 6.63. The summed E-state index contributed by atoms with van der Waals surface area (Å²) in [4.78, 5) is 2.94. The number of thiophene rings is 2. The Labute approximate surface area is 114 Å². The first-order valence-corrected chi connectivity index (χ1v) is 8.62. The van der Waals surface area contributed by atoms with E-state index in [4.69, 9.17) is 0 Å². The average Bonchev–Trinajstić information content (AvgIpc) is 2.90. The predicted octanol–water partition coefficient (Wildman–Crippen LogP) is 4.87. The van der Waals surface area contributed by atoms with Crippen LogP contribution in [0, 0.1) is 0 Å². The van der Waals surface area contributed by atoms with E-state index in [0.717, 1.165) is 10.7 Å². The van der Waals surface area contributed by atoms with Crippen molar-refractivity contribution in [3.05, 3.63) is 34.0 Å². The molecule has 0 nitrogen and oxygen atoms in total. The van der Waals surface area contributed by atoms with Gasteiger partial charge in [0.2, 0.25) is 0 Å². The summed E-state index contributed by atoms with van der Waals surface area (Å²) < 4.78 is 0. The maximum atomic E-state index is 3.68. The number of rotatable bonds is 2. The molecule has 0 N–H and O–H groups in total. The molecule has 0 aromatic carbocycles. The number of alkyl halides is 2. The van der Waals surface area contributed by atoms with E-state index in [0.29, 0.717) is 0 Å². The van der Waals surface area contributed by atoms with E-state index in [2.05, 4.69) is 54.8 Å². The van der Waals surface area contributed by atoms with Crippen molar-refractivity contribution < 1.29 is 0 Å². The van der Waals surface area contributed by atoms with Crippen molar-refractivity contribution in [1.29, 1.82) is 0 Å². The van der Waals surface area contributed by atoms with Crippen LogP contribution < -0.4 is 0 Å². The SMILES string of the molecule is BrCC1(CBr)c2ccsc2-c2sccc21.